The van der Waals surface area contributed by atoms with Gasteiger partial charge in [0.2, 0.25) is 0 Å². The summed E-state index contributed by atoms with van der Waals surface area (Å²) in [7, 11) is 3.24. The molecular weight excluding hydrogens is 398 g/mol. The molecule has 1 saturated heterocycles. The second-order valence-corrected chi connectivity index (χ2v) is 7.13. The minimum absolute atomic E-state index is 0.115. The van der Waals surface area contributed by atoms with Crippen LogP contribution in [0.25, 0.3) is 5.69 Å². The van der Waals surface area contributed by atoms with Gasteiger partial charge in [-0.3, -0.25) is 4.90 Å². The molecule has 0 unspecified atom stereocenters. The molecule has 162 valence electrons. The van der Waals surface area contributed by atoms with E-state index >= 15 is 0 Å². The van der Waals surface area contributed by atoms with Crippen LogP contribution in [-0.2, 0) is 6.54 Å². The van der Waals surface area contributed by atoms with Crippen LogP contribution >= 0.6 is 0 Å². The number of benzene rings is 2. The van der Waals surface area contributed by atoms with Crippen LogP contribution < -0.4 is 14.8 Å². The van der Waals surface area contributed by atoms with Crippen molar-refractivity contribution in [2.45, 2.75) is 6.54 Å². The molecule has 0 aliphatic carbocycles. The van der Waals surface area contributed by atoms with Gasteiger partial charge in [-0.1, -0.05) is 6.07 Å². The summed E-state index contributed by atoms with van der Waals surface area (Å²) >= 11 is 0. The molecule has 2 heterocycles. The highest BCUT2D eigenvalue weighted by Gasteiger charge is 2.23. The summed E-state index contributed by atoms with van der Waals surface area (Å²) in [5.41, 5.74) is 1.59. The lowest BCUT2D eigenvalue weighted by Crippen LogP contribution is -2.49. The molecule has 2 aromatic carbocycles. The number of methoxy groups -OCH3 is 2. The molecule has 1 fully saturated rings. The Morgan fingerprint density at radius 2 is 1.74 bits per heavy atom. The number of hydrogen-bond donors (Lipinski definition) is 1. The standard InChI is InChI=1S/C21H25N7O3/c1-30-18-8-6-17(7-9-18)28-20(23-24-25-28)15-26-10-12-27(13-11-26)21(29)22-16-4-3-5-19(14-16)31-2/h3-9,14H,10-13,15H2,1-2H3,(H,22,29). The van der Waals surface area contributed by atoms with Gasteiger partial charge in [-0.15, -0.1) is 5.10 Å². The second-order valence-electron chi connectivity index (χ2n) is 7.13. The summed E-state index contributed by atoms with van der Waals surface area (Å²) < 4.78 is 12.1. The van der Waals surface area contributed by atoms with Crippen molar-refractivity contribution < 1.29 is 14.3 Å². The summed E-state index contributed by atoms with van der Waals surface area (Å²) in [5.74, 6) is 2.23. The molecule has 0 bridgehead atoms. The van der Waals surface area contributed by atoms with Gasteiger partial charge < -0.3 is 19.7 Å². The lowest BCUT2D eigenvalue weighted by atomic mass is 10.3. The Balaban J connectivity index is 1.32. The van der Waals surface area contributed by atoms with Crippen molar-refractivity contribution in [2.75, 3.05) is 45.7 Å². The van der Waals surface area contributed by atoms with Crippen LogP contribution in [-0.4, -0.2) is 76.4 Å². The summed E-state index contributed by atoms with van der Waals surface area (Å²) in [6.07, 6.45) is 0. The third-order valence-corrected chi connectivity index (χ3v) is 5.20. The van der Waals surface area contributed by atoms with Crippen LogP contribution in [0.4, 0.5) is 10.5 Å². The molecule has 0 atom stereocenters. The topological polar surface area (TPSA) is 97.6 Å². The molecule has 1 aliphatic heterocycles. The molecule has 0 radical (unpaired) electrons. The Morgan fingerprint density at radius 1 is 1.00 bits per heavy atom. The maximum atomic E-state index is 12.6. The molecule has 0 saturated carbocycles. The average molecular weight is 423 g/mol. The predicted molar refractivity (Wildman–Crippen MR) is 115 cm³/mol. The van der Waals surface area contributed by atoms with Crippen molar-refractivity contribution in [2.24, 2.45) is 0 Å². The van der Waals surface area contributed by atoms with E-state index in [2.05, 4.69) is 25.7 Å². The Kier molecular flexibility index (Phi) is 6.27. The summed E-state index contributed by atoms with van der Waals surface area (Å²) in [5, 5.41) is 15.1. The Hall–Kier alpha value is -3.66. The number of hydrogen-bond acceptors (Lipinski definition) is 7. The van der Waals surface area contributed by atoms with E-state index in [0.717, 1.165) is 30.4 Å². The number of nitrogens with one attached hydrogen (secondary N) is 1. The van der Waals surface area contributed by atoms with E-state index < -0.39 is 0 Å². The lowest BCUT2D eigenvalue weighted by molar-refractivity contribution is 0.140. The van der Waals surface area contributed by atoms with E-state index in [9.17, 15) is 4.79 Å². The van der Waals surface area contributed by atoms with Crippen LogP contribution in [0, 0.1) is 0 Å². The number of carbonyl (C=O) groups excluding carboxylic acids is 1. The predicted octanol–water partition coefficient (Wildman–Crippen LogP) is 2.03. The Bertz CT molecular complexity index is 1010. The van der Waals surface area contributed by atoms with E-state index in [1.54, 1.807) is 25.0 Å². The SMILES string of the molecule is COc1ccc(-n2nnnc2CN2CCN(C(=O)Nc3cccc(OC)c3)CC2)cc1. The van der Waals surface area contributed by atoms with E-state index in [1.165, 1.54) is 0 Å². The highest BCUT2D eigenvalue weighted by Crippen LogP contribution is 2.18. The molecule has 0 spiro atoms. The smallest absolute Gasteiger partial charge is 0.321 e. The van der Waals surface area contributed by atoms with Crippen molar-refractivity contribution in [3.05, 3.63) is 54.4 Å². The van der Waals surface area contributed by atoms with Gasteiger partial charge in [-0.05, 0) is 46.8 Å². The number of rotatable bonds is 6. The number of amides is 2. The number of tetrazole rings is 1. The van der Waals surface area contributed by atoms with Crippen molar-refractivity contribution in [1.29, 1.82) is 0 Å². The van der Waals surface area contributed by atoms with Crippen molar-refractivity contribution in [3.63, 3.8) is 0 Å². The first kappa shape index (κ1) is 20.6. The number of nitrogens with zero attached hydrogens (tertiary/aromatic N) is 6. The summed E-state index contributed by atoms with van der Waals surface area (Å²) in [6.45, 7) is 3.33. The van der Waals surface area contributed by atoms with Crippen molar-refractivity contribution in [1.82, 2.24) is 30.0 Å². The van der Waals surface area contributed by atoms with Crippen LogP contribution in [0.3, 0.4) is 0 Å². The first-order valence-corrected chi connectivity index (χ1v) is 10.0. The maximum absolute atomic E-state index is 12.6. The third-order valence-electron chi connectivity index (χ3n) is 5.20. The molecule has 31 heavy (non-hydrogen) atoms. The number of piperazine rings is 1. The largest absolute Gasteiger partial charge is 0.497 e. The van der Waals surface area contributed by atoms with Gasteiger partial charge in [0, 0.05) is 37.9 Å². The Labute approximate surface area is 180 Å². The fraction of sp³-hybridized carbons (Fsp3) is 0.333. The number of aromatic nitrogens is 4. The number of urea groups is 1. The van der Waals surface area contributed by atoms with Gasteiger partial charge in [0.05, 0.1) is 26.5 Å². The van der Waals surface area contributed by atoms with Crippen LogP contribution in [0.5, 0.6) is 11.5 Å². The lowest BCUT2D eigenvalue weighted by Gasteiger charge is -2.34. The number of ether oxygens (including phenoxy) is 2. The van der Waals surface area contributed by atoms with Gasteiger partial charge in [-0.25, -0.2) is 4.79 Å². The molecule has 4 rings (SSSR count). The molecule has 1 aliphatic rings. The monoisotopic (exact) mass is 423 g/mol. The fourth-order valence-corrected chi connectivity index (χ4v) is 3.44. The van der Waals surface area contributed by atoms with E-state index in [4.69, 9.17) is 9.47 Å². The first-order chi connectivity index (χ1) is 15.2. The summed E-state index contributed by atoms with van der Waals surface area (Å²) in [6, 6.07) is 14.8. The van der Waals surface area contributed by atoms with Gasteiger partial charge >= 0.3 is 6.03 Å². The van der Waals surface area contributed by atoms with Gasteiger partial charge in [-0.2, -0.15) is 4.68 Å². The molecule has 10 nitrogen and oxygen atoms in total. The van der Waals surface area contributed by atoms with Gasteiger partial charge in [0.15, 0.2) is 5.82 Å². The fourth-order valence-electron chi connectivity index (χ4n) is 3.44. The number of anilines is 1. The van der Waals surface area contributed by atoms with Crippen LogP contribution in [0.1, 0.15) is 5.82 Å². The summed E-state index contributed by atoms with van der Waals surface area (Å²) in [4.78, 5) is 16.6. The first-order valence-electron chi connectivity index (χ1n) is 10.0. The Morgan fingerprint density at radius 3 is 2.45 bits per heavy atom. The average Bonchev–Trinajstić information content (AvgIpc) is 3.27. The maximum Gasteiger partial charge on any atom is 0.321 e. The van der Waals surface area contributed by atoms with Crippen LogP contribution in [0.2, 0.25) is 0 Å². The molecule has 3 aromatic rings. The van der Waals surface area contributed by atoms with Crippen molar-refractivity contribution >= 4 is 11.7 Å². The minimum atomic E-state index is -0.115. The molecule has 1 aromatic heterocycles. The highest BCUT2D eigenvalue weighted by molar-refractivity contribution is 5.89. The number of carbonyl (C=O) groups is 1. The normalized spacial score (nSPS) is 14.3. The molecular formula is C21H25N7O3. The van der Waals surface area contributed by atoms with Gasteiger partial charge in [0.1, 0.15) is 11.5 Å². The zero-order chi connectivity index (χ0) is 21.6. The van der Waals surface area contributed by atoms with Crippen molar-refractivity contribution in [3.8, 4) is 17.2 Å². The molecule has 1 N–H and O–H groups in total. The molecule has 10 heteroatoms. The minimum Gasteiger partial charge on any atom is -0.497 e. The zero-order valence-corrected chi connectivity index (χ0v) is 17.6. The second kappa shape index (κ2) is 9.43. The van der Waals surface area contributed by atoms with E-state index in [-0.39, 0.29) is 6.03 Å². The molecule has 2 amide bonds. The highest BCUT2D eigenvalue weighted by atomic mass is 16.5. The zero-order valence-electron chi connectivity index (χ0n) is 17.6. The van der Waals surface area contributed by atoms with E-state index in [0.29, 0.717) is 31.1 Å². The van der Waals surface area contributed by atoms with Gasteiger partial charge in [0.25, 0.3) is 0 Å². The van der Waals surface area contributed by atoms with Crippen LogP contribution in [0.15, 0.2) is 48.5 Å². The quantitative estimate of drug-likeness (QED) is 0.648. The van der Waals surface area contributed by atoms with E-state index in [1.807, 2.05) is 47.4 Å². The third kappa shape index (κ3) is 4.92.